The minimum absolute atomic E-state index is 0.0862. The van der Waals surface area contributed by atoms with Gasteiger partial charge in [0, 0.05) is 16.6 Å². The van der Waals surface area contributed by atoms with Gasteiger partial charge in [0.25, 0.3) is 0 Å². The third-order valence-corrected chi connectivity index (χ3v) is 7.72. The van der Waals surface area contributed by atoms with Gasteiger partial charge in [-0.25, -0.2) is 0 Å². The van der Waals surface area contributed by atoms with Crippen LogP contribution in [0.1, 0.15) is 41.5 Å². The lowest BCUT2D eigenvalue weighted by Gasteiger charge is -2.29. The molecule has 1 aliphatic heterocycles. The predicted octanol–water partition coefficient (Wildman–Crippen LogP) is 5.82. The first-order valence-corrected chi connectivity index (χ1v) is 11.8. The fraction of sp³-hybridized carbons (Fsp3) is 0.250. The summed E-state index contributed by atoms with van der Waals surface area (Å²) in [6.07, 6.45) is 0.898. The van der Waals surface area contributed by atoms with E-state index in [1.807, 2.05) is 43.0 Å². The maximum absolute atomic E-state index is 13.1. The second kappa shape index (κ2) is 8.75. The standard InChI is InChI=1S/C24H25NOS2/c1-3-22(25-28(26)19-14-12-17(2)13-15-19)24-20-9-5-4-8-18(20)16-27-23-11-7-6-10-21(23)24/h4-15,22,24-25H,3,16H2,1-2H3/t22-,24?,28+/m1/s1. The van der Waals surface area contributed by atoms with E-state index in [0.717, 1.165) is 17.1 Å². The van der Waals surface area contributed by atoms with Crippen molar-refractivity contribution in [1.82, 2.24) is 4.72 Å². The fourth-order valence-electron chi connectivity index (χ4n) is 3.85. The average molecular weight is 408 g/mol. The second-order valence-corrected chi connectivity index (χ2v) is 9.48. The molecule has 3 atom stereocenters. The molecule has 1 heterocycles. The molecule has 4 rings (SSSR count). The monoisotopic (exact) mass is 407 g/mol. The second-order valence-electron chi connectivity index (χ2n) is 7.22. The van der Waals surface area contributed by atoms with E-state index in [1.165, 1.54) is 27.1 Å². The number of rotatable bonds is 5. The molecule has 144 valence electrons. The smallest absolute Gasteiger partial charge is 0.173 e. The molecule has 1 unspecified atom stereocenters. The van der Waals surface area contributed by atoms with Gasteiger partial charge in [-0.15, -0.1) is 16.5 Å². The number of thioether (sulfide) groups is 1. The molecular weight excluding hydrogens is 382 g/mol. The maximum atomic E-state index is 13.1. The first-order chi connectivity index (χ1) is 13.7. The topological polar surface area (TPSA) is 35.1 Å². The van der Waals surface area contributed by atoms with Gasteiger partial charge >= 0.3 is 0 Å². The molecule has 28 heavy (non-hydrogen) atoms. The van der Waals surface area contributed by atoms with Crippen LogP contribution in [0.5, 0.6) is 0 Å². The Morgan fingerprint density at radius 3 is 2.43 bits per heavy atom. The zero-order valence-corrected chi connectivity index (χ0v) is 17.9. The summed E-state index contributed by atoms with van der Waals surface area (Å²) in [6.45, 7) is 4.22. The van der Waals surface area contributed by atoms with Gasteiger partial charge < -0.3 is 4.55 Å². The van der Waals surface area contributed by atoms with Gasteiger partial charge in [-0.05, 0) is 48.2 Å². The van der Waals surface area contributed by atoms with E-state index in [0.29, 0.717) is 0 Å². The van der Waals surface area contributed by atoms with Crippen LogP contribution in [-0.4, -0.2) is 10.6 Å². The number of fused-ring (bicyclic) bond motifs is 2. The van der Waals surface area contributed by atoms with E-state index in [4.69, 9.17) is 0 Å². The van der Waals surface area contributed by atoms with Crippen LogP contribution in [-0.2, 0) is 17.1 Å². The number of benzene rings is 3. The van der Waals surface area contributed by atoms with Crippen molar-refractivity contribution in [3.05, 3.63) is 95.1 Å². The van der Waals surface area contributed by atoms with Crippen LogP contribution in [0.25, 0.3) is 0 Å². The van der Waals surface area contributed by atoms with Crippen molar-refractivity contribution in [1.29, 1.82) is 0 Å². The number of hydrogen-bond donors (Lipinski definition) is 1. The maximum Gasteiger partial charge on any atom is 0.173 e. The van der Waals surface area contributed by atoms with Crippen molar-refractivity contribution < 1.29 is 4.55 Å². The van der Waals surface area contributed by atoms with Crippen LogP contribution in [0.15, 0.2) is 82.6 Å². The third-order valence-electron chi connectivity index (χ3n) is 5.36. The van der Waals surface area contributed by atoms with Gasteiger partial charge in [0.15, 0.2) is 4.90 Å². The molecule has 0 bridgehead atoms. The molecule has 0 aliphatic carbocycles. The highest BCUT2D eigenvalue weighted by atomic mass is 32.2. The molecule has 0 radical (unpaired) electrons. The van der Waals surface area contributed by atoms with Crippen molar-refractivity contribution in [3.8, 4) is 0 Å². The summed E-state index contributed by atoms with van der Waals surface area (Å²) in [5.74, 6) is 1.16. The average Bonchev–Trinajstić information content (AvgIpc) is 2.89. The first kappa shape index (κ1) is 19.6. The summed E-state index contributed by atoms with van der Waals surface area (Å²) in [7, 11) is 0. The van der Waals surface area contributed by atoms with Gasteiger partial charge in [0.2, 0.25) is 0 Å². The Labute approximate surface area is 175 Å². The van der Waals surface area contributed by atoms with Crippen LogP contribution in [0, 0.1) is 6.92 Å². The Morgan fingerprint density at radius 1 is 1.00 bits per heavy atom. The van der Waals surface area contributed by atoms with Gasteiger partial charge in [-0.1, -0.05) is 67.1 Å². The van der Waals surface area contributed by atoms with Gasteiger partial charge in [0.1, 0.15) is 0 Å². The molecule has 0 saturated carbocycles. The lowest BCUT2D eigenvalue weighted by atomic mass is 9.82. The van der Waals surface area contributed by atoms with Crippen molar-refractivity contribution in [3.63, 3.8) is 0 Å². The molecule has 1 aliphatic rings. The lowest BCUT2D eigenvalue weighted by Crippen LogP contribution is -2.39. The van der Waals surface area contributed by atoms with Crippen LogP contribution < -0.4 is 4.72 Å². The minimum atomic E-state index is -1.24. The summed E-state index contributed by atoms with van der Waals surface area (Å²) in [4.78, 5) is 2.15. The van der Waals surface area contributed by atoms with Gasteiger partial charge in [-0.2, -0.15) is 0 Å². The number of hydrogen-bond acceptors (Lipinski definition) is 3. The summed E-state index contributed by atoms with van der Waals surface area (Å²) in [6, 6.07) is 25.4. The lowest BCUT2D eigenvalue weighted by molar-refractivity contribution is 0.501. The Kier molecular flexibility index (Phi) is 6.12. The van der Waals surface area contributed by atoms with E-state index in [1.54, 1.807) is 0 Å². The number of aryl methyl sites for hydroxylation is 1. The predicted molar refractivity (Wildman–Crippen MR) is 119 cm³/mol. The van der Waals surface area contributed by atoms with Crippen molar-refractivity contribution >= 4 is 23.1 Å². The Hall–Kier alpha value is -1.72. The normalized spacial score (nSPS) is 17.9. The zero-order valence-electron chi connectivity index (χ0n) is 16.2. The molecular formula is C24H25NOS2. The van der Waals surface area contributed by atoms with Gasteiger partial charge in [-0.3, -0.25) is 0 Å². The quantitative estimate of drug-likeness (QED) is 0.541. The molecule has 0 amide bonds. The van der Waals surface area contributed by atoms with E-state index < -0.39 is 11.4 Å². The Morgan fingerprint density at radius 2 is 1.68 bits per heavy atom. The summed E-state index contributed by atoms with van der Waals surface area (Å²) < 4.78 is 16.5. The third kappa shape index (κ3) is 4.01. The molecule has 0 aromatic heterocycles. The highest BCUT2D eigenvalue weighted by molar-refractivity contribution is 7.98. The van der Waals surface area contributed by atoms with Crippen LogP contribution in [0.2, 0.25) is 0 Å². The molecule has 0 fully saturated rings. The summed E-state index contributed by atoms with van der Waals surface area (Å²) in [5, 5.41) is 0. The number of nitrogens with one attached hydrogen (secondary N) is 1. The van der Waals surface area contributed by atoms with E-state index in [-0.39, 0.29) is 12.0 Å². The van der Waals surface area contributed by atoms with Crippen LogP contribution in [0.4, 0.5) is 0 Å². The van der Waals surface area contributed by atoms with E-state index in [2.05, 4.69) is 60.2 Å². The summed E-state index contributed by atoms with van der Waals surface area (Å²) >= 11 is 0.658. The Bertz CT molecular complexity index is 894. The SMILES string of the molecule is CC[C@@H](N[S@@+]([O-])c1ccc(C)cc1)C1c2ccccc2CSc2ccccc21. The molecule has 3 aromatic carbocycles. The van der Waals surface area contributed by atoms with Crippen molar-refractivity contribution in [2.24, 2.45) is 0 Å². The van der Waals surface area contributed by atoms with E-state index >= 15 is 0 Å². The Balaban J connectivity index is 1.71. The highest BCUT2D eigenvalue weighted by Crippen LogP contribution is 2.42. The molecule has 2 nitrogen and oxygen atoms in total. The van der Waals surface area contributed by atoms with Crippen molar-refractivity contribution in [2.45, 2.75) is 47.8 Å². The van der Waals surface area contributed by atoms with Crippen LogP contribution >= 0.6 is 11.8 Å². The molecule has 0 saturated heterocycles. The highest BCUT2D eigenvalue weighted by Gasteiger charge is 2.32. The minimum Gasteiger partial charge on any atom is -0.593 e. The van der Waals surface area contributed by atoms with Gasteiger partial charge in [0.05, 0.1) is 17.4 Å². The largest absolute Gasteiger partial charge is 0.593 e. The molecule has 1 N–H and O–H groups in total. The van der Waals surface area contributed by atoms with E-state index in [9.17, 15) is 4.55 Å². The zero-order chi connectivity index (χ0) is 19.5. The van der Waals surface area contributed by atoms with Crippen molar-refractivity contribution in [2.75, 3.05) is 0 Å². The summed E-state index contributed by atoms with van der Waals surface area (Å²) in [5.41, 5.74) is 5.23. The molecule has 3 aromatic rings. The first-order valence-electron chi connectivity index (χ1n) is 9.71. The van der Waals surface area contributed by atoms with Crippen LogP contribution in [0.3, 0.4) is 0 Å². The molecule has 4 heteroatoms. The fourth-order valence-corrected chi connectivity index (χ4v) is 6.06. The molecule has 0 spiro atoms.